The quantitative estimate of drug-likeness (QED) is 0.691. The summed E-state index contributed by atoms with van der Waals surface area (Å²) in [5.41, 5.74) is 2.79. The Morgan fingerprint density at radius 3 is 2.33 bits per heavy atom. The summed E-state index contributed by atoms with van der Waals surface area (Å²) in [6.07, 6.45) is 5.36. The Balaban J connectivity index is 1.32. The van der Waals surface area contributed by atoms with Gasteiger partial charge in [0.1, 0.15) is 0 Å². The third-order valence-corrected chi connectivity index (χ3v) is 4.76. The largest absolute Gasteiger partial charge is 0.335 e. The van der Waals surface area contributed by atoms with E-state index >= 15 is 0 Å². The van der Waals surface area contributed by atoms with Crippen molar-refractivity contribution in [2.24, 2.45) is 0 Å². The van der Waals surface area contributed by atoms with E-state index < -0.39 is 0 Å². The van der Waals surface area contributed by atoms with Crippen LogP contribution in [0.4, 0.5) is 0 Å². The van der Waals surface area contributed by atoms with Crippen molar-refractivity contribution >= 4 is 5.91 Å². The first-order valence-corrected chi connectivity index (χ1v) is 9.12. The summed E-state index contributed by atoms with van der Waals surface area (Å²) >= 11 is 0. The van der Waals surface area contributed by atoms with Crippen LogP contribution in [0.15, 0.2) is 61.1 Å². The number of carbonyl (C=O) groups excluding carboxylic acids is 1. The van der Waals surface area contributed by atoms with E-state index in [1.807, 2.05) is 59.8 Å². The fourth-order valence-electron chi connectivity index (χ4n) is 3.26. The van der Waals surface area contributed by atoms with Crippen molar-refractivity contribution in [1.29, 1.82) is 0 Å². The molecule has 1 saturated heterocycles. The van der Waals surface area contributed by atoms with Gasteiger partial charge in [0, 0.05) is 45.1 Å². The van der Waals surface area contributed by atoms with Crippen LogP contribution in [0.5, 0.6) is 0 Å². The third kappa shape index (κ3) is 4.38. The molecular weight excluding hydrogens is 340 g/mol. The first kappa shape index (κ1) is 17.4. The topological polar surface area (TPSA) is 67.2 Å². The normalized spacial score (nSPS) is 15.0. The van der Waals surface area contributed by atoms with Crippen molar-refractivity contribution in [1.82, 2.24) is 29.8 Å². The van der Waals surface area contributed by atoms with Crippen LogP contribution in [-0.4, -0.2) is 61.9 Å². The van der Waals surface area contributed by atoms with Crippen molar-refractivity contribution in [3.05, 3.63) is 77.9 Å². The molecule has 7 nitrogen and oxygen atoms in total. The van der Waals surface area contributed by atoms with Crippen LogP contribution in [0.2, 0.25) is 0 Å². The molecule has 1 aliphatic rings. The summed E-state index contributed by atoms with van der Waals surface area (Å²) in [4.78, 5) is 21.0. The molecule has 7 heteroatoms. The molecule has 0 atom stereocenters. The van der Waals surface area contributed by atoms with Gasteiger partial charge in [0.25, 0.3) is 5.91 Å². The number of piperazine rings is 1. The van der Waals surface area contributed by atoms with Crippen LogP contribution >= 0.6 is 0 Å². The summed E-state index contributed by atoms with van der Waals surface area (Å²) in [6.45, 7) is 4.61. The van der Waals surface area contributed by atoms with E-state index in [4.69, 9.17) is 0 Å². The highest BCUT2D eigenvalue weighted by atomic mass is 16.2. The van der Waals surface area contributed by atoms with Crippen LogP contribution in [0.25, 0.3) is 0 Å². The molecule has 138 valence electrons. The van der Waals surface area contributed by atoms with Gasteiger partial charge in [0.15, 0.2) is 5.69 Å². The fraction of sp³-hybridized carbons (Fsp3) is 0.300. The molecule has 0 unspecified atom stereocenters. The Morgan fingerprint density at radius 1 is 0.889 bits per heavy atom. The molecule has 4 rings (SSSR count). The smallest absolute Gasteiger partial charge is 0.276 e. The maximum Gasteiger partial charge on any atom is 0.276 e. The highest BCUT2D eigenvalue weighted by molar-refractivity contribution is 5.92. The number of hydrogen-bond donors (Lipinski definition) is 0. The van der Waals surface area contributed by atoms with E-state index in [9.17, 15) is 4.79 Å². The highest BCUT2D eigenvalue weighted by Gasteiger charge is 2.24. The van der Waals surface area contributed by atoms with Gasteiger partial charge in [0.2, 0.25) is 0 Å². The van der Waals surface area contributed by atoms with Crippen LogP contribution < -0.4 is 0 Å². The number of nitrogens with zero attached hydrogens (tertiary/aromatic N) is 6. The van der Waals surface area contributed by atoms with Gasteiger partial charge in [-0.3, -0.25) is 14.7 Å². The van der Waals surface area contributed by atoms with Gasteiger partial charge < -0.3 is 4.90 Å². The van der Waals surface area contributed by atoms with E-state index in [0.29, 0.717) is 25.3 Å². The molecule has 3 aromatic rings. The summed E-state index contributed by atoms with van der Waals surface area (Å²) in [5.74, 6) is -0.0436. The minimum absolute atomic E-state index is 0.0436. The van der Waals surface area contributed by atoms with Crippen molar-refractivity contribution < 1.29 is 4.79 Å². The Labute approximate surface area is 158 Å². The molecule has 0 saturated carbocycles. The molecule has 3 heterocycles. The highest BCUT2D eigenvalue weighted by Crippen LogP contribution is 2.11. The molecule has 27 heavy (non-hydrogen) atoms. The summed E-state index contributed by atoms with van der Waals surface area (Å²) in [6, 6.07) is 14.1. The van der Waals surface area contributed by atoms with Gasteiger partial charge in [-0.2, -0.15) is 0 Å². The molecule has 0 radical (unpaired) electrons. The van der Waals surface area contributed by atoms with Gasteiger partial charge in [-0.1, -0.05) is 35.5 Å². The predicted octanol–water partition coefficient (Wildman–Crippen LogP) is 1.68. The SMILES string of the molecule is O=C(c1cn(Cc2ccccc2)nn1)N1CCN(Cc2ccncc2)CC1. The van der Waals surface area contributed by atoms with Crippen LogP contribution in [0.3, 0.4) is 0 Å². The zero-order chi connectivity index (χ0) is 18.5. The summed E-state index contributed by atoms with van der Waals surface area (Å²) in [7, 11) is 0. The number of amides is 1. The molecule has 1 fully saturated rings. The summed E-state index contributed by atoms with van der Waals surface area (Å²) in [5, 5.41) is 8.18. The second-order valence-corrected chi connectivity index (χ2v) is 6.71. The Morgan fingerprint density at radius 2 is 1.59 bits per heavy atom. The number of rotatable bonds is 5. The Kier molecular flexibility index (Phi) is 5.20. The van der Waals surface area contributed by atoms with Crippen LogP contribution in [0, 0.1) is 0 Å². The Hall–Kier alpha value is -3.06. The maximum atomic E-state index is 12.7. The molecule has 2 aromatic heterocycles. The zero-order valence-corrected chi connectivity index (χ0v) is 15.1. The first-order chi connectivity index (χ1) is 13.3. The fourth-order valence-corrected chi connectivity index (χ4v) is 3.26. The van der Waals surface area contributed by atoms with E-state index in [1.54, 1.807) is 10.9 Å². The number of benzene rings is 1. The summed E-state index contributed by atoms with van der Waals surface area (Å²) < 4.78 is 1.71. The second-order valence-electron chi connectivity index (χ2n) is 6.71. The lowest BCUT2D eigenvalue weighted by molar-refractivity contribution is 0.0622. The average Bonchev–Trinajstić information content (AvgIpc) is 3.18. The average molecular weight is 362 g/mol. The van der Waals surface area contributed by atoms with Crippen molar-refractivity contribution in [3.8, 4) is 0 Å². The molecule has 0 spiro atoms. The number of carbonyl (C=O) groups is 1. The molecular formula is C20H22N6O. The maximum absolute atomic E-state index is 12.7. The van der Waals surface area contributed by atoms with E-state index in [2.05, 4.69) is 20.2 Å². The predicted molar refractivity (Wildman–Crippen MR) is 101 cm³/mol. The van der Waals surface area contributed by atoms with E-state index in [1.165, 1.54) is 5.56 Å². The Bertz CT molecular complexity index is 872. The molecule has 1 aliphatic heterocycles. The van der Waals surface area contributed by atoms with Gasteiger partial charge in [-0.05, 0) is 23.3 Å². The van der Waals surface area contributed by atoms with Gasteiger partial charge >= 0.3 is 0 Å². The molecule has 0 N–H and O–H groups in total. The van der Waals surface area contributed by atoms with Crippen molar-refractivity contribution in [2.75, 3.05) is 26.2 Å². The van der Waals surface area contributed by atoms with Gasteiger partial charge in [0.05, 0.1) is 12.7 Å². The van der Waals surface area contributed by atoms with Gasteiger partial charge in [-0.25, -0.2) is 4.68 Å². The minimum Gasteiger partial charge on any atom is -0.335 e. The lowest BCUT2D eigenvalue weighted by Crippen LogP contribution is -2.48. The second kappa shape index (κ2) is 8.09. The number of hydrogen-bond acceptors (Lipinski definition) is 5. The number of pyridine rings is 1. The zero-order valence-electron chi connectivity index (χ0n) is 15.1. The first-order valence-electron chi connectivity index (χ1n) is 9.12. The van der Waals surface area contributed by atoms with E-state index in [0.717, 1.165) is 25.2 Å². The van der Waals surface area contributed by atoms with Crippen LogP contribution in [-0.2, 0) is 13.1 Å². The lowest BCUT2D eigenvalue weighted by atomic mass is 10.2. The lowest BCUT2D eigenvalue weighted by Gasteiger charge is -2.34. The molecule has 0 bridgehead atoms. The van der Waals surface area contributed by atoms with Crippen molar-refractivity contribution in [2.45, 2.75) is 13.1 Å². The third-order valence-electron chi connectivity index (χ3n) is 4.76. The van der Waals surface area contributed by atoms with Crippen LogP contribution in [0.1, 0.15) is 21.6 Å². The standard InChI is InChI=1S/C20H22N6O/c27-20(19-16-26(23-22-19)15-17-4-2-1-3-5-17)25-12-10-24(11-13-25)14-18-6-8-21-9-7-18/h1-9,16H,10-15H2. The van der Waals surface area contributed by atoms with Crippen molar-refractivity contribution in [3.63, 3.8) is 0 Å². The molecule has 0 aliphatic carbocycles. The monoisotopic (exact) mass is 362 g/mol. The molecule has 1 amide bonds. The minimum atomic E-state index is -0.0436. The molecule has 1 aromatic carbocycles. The van der Waals surface area contributed by atoms with E-state index in [-0.39, 0.29) is 5.91 Å². The van der Waals surface area contributed by atoms with Gasteiger partial charge in [-0.15, -0.1) is 5.10 Å². The number of aromatic nitrogens is 4.